The molecule has 1 atom stereocenters. The van der Waals surface area contributed by atoms with Crippen LogP contribution in [-0.2, 0) is 0 Å². The van der Waals surface area contributed by atoms with Crippen LogP contribution in [-0.4, -0.2) is 14.4 Å². The van der Waals surface area contributed by atoms with Crippen LogP contribution in [0.15, 0.2) is 30.3 Å². The molecule has 0 fully saturated rings. The number of hydrogen-bond acceptors (Lipinski definition) is 0. The second-order valence-electron chi connectivity index (χ2n) is 5.70. The Morgan fingerprint density at radius 1 is 1.00 bits per heavy atom. The normalized spacial score (nSPS) is 15.1. The first kappa shape index (κ1) is 12.9. The Labute approximate surface area is 96.7 Å². The third-order valence-electron chi connectivity index (χ3n) is 3.82. The maximum Gasteiger partial charge on any atom is 0.0853 e. The lowest BCUT2D eigenvalue weighted by atomic mass is 10.2. The quantitative estimate of drug-likeness (QED) is 0.528. The van der Waals surface area contributed by atoms with Gasteiger partial charge in [0, 0.05) is 0 Å². The molecule has 0 aliphatic rings. The van der Waals surface area contributed by atoms with E-state index in [2.05, 4.69) is 70.9 Å². The van der Waals surface area contributed by atoms with Crippen molar-refractivity contribution in [3.8, 4) is 0 Å². The molecule has 0 aromatic heterocycles. The van der Waals surface area contributed by atoms with Crippen molar-refractivity contribution in [2.75, 3.05) is 6.66 Å². The molecule has 1 aromatic rings. The van der Waals surface area contributed by atoms with Gasteiger partial charge in [-0.05, 0) is 17.0 Å². The predicted molar refractivity (Wildman–Crippen MR) is 76.1 cm³/mol. The molecule has 0 spiro atoms. The van der Waals surface area contributed by atoms with Crippen molar-refractivity contribution in [3.05, 3.63) is 30.3 Å². The summed E-state index contributed by atoms with van der Waals surface area (Å²) in [5.41, 5.74) is 0. The van der Waals surface area contributed by atoms with Gasteiger partial charge in [0.05, 0.1) is 7.74 Å². The maximum absolute atomic E-state index is 2.53. The van der Waals surface area contributed by atoms with E-state index in [4.69, 9.17) is 0 Å². The highest BCUT2D eigenvalue weighted by Gasteiger charge is 2.40. The van der Waals surface area contributed by atoms with Crippen molar-refractivity contribution >= 4 is 20.5 Å². The van der Waals surface area contributed by atoms with E-state index in [1.807, 2.05) is 0 Å². The third kappa shape index (κ3) is 2.71. The van der Waals surface area contributed by atoms with Gasteiger partial charge in [-0.3, -0.25) is 0 Å². The fourth-order valence-corrected chi connectivity index (χ4v) is 9.15. The third-order valence-corrected chi connectivity index (χ3v) is 18.1. The molecule has 1 unspecified atom stereocenters. The van der Waals surface area contributed by atoms with E-state index in [9.17, 15) is 0 Å². The molecule has 0 aliphatic heterocycles. The number of rotatable bonds is 2. The first-order valence-corrected chi connectivity index (χ1v) is 11.2. The monoisotopic (exact) mass is 238 g/mol. The van der Waals surface area contributed by atoms with Crippen molar-refractivity contribution in [1.82, 2.24) is 0 Å². The molecule has 0 saturated heterocycles. The molecular weight excluding hydrogens is 215 g/mol. The predicted octanol–water partition coefficient (Wildman–Crippen LogP) is 4.43. The van der Waals surface area contributed by atoms with E-state index in [0.29, 0.717) is 5.04 Å². The summed E-state index contributed by atoms with van der Waals surface area (Å²) in [6, 6.07) is 11.0. The van der Waals surface area contributed by atoms with Crippen LogP contribution in [0.1, 0.15) is 20.8 Å². The van der Waals surface area contributed by atoms with Gasteiger partial charge in [0.1, 0.15) is 0 Å². The van der Waals surface area contributed by atoms with Crippen molar-refractivity contribution in [2.24, 2.45) is 0 Å². The zero-order chi connectivity index (χ0) is 11.7. The molecular formula is C13H23PSi. The molecule has 1 aromatic carbocycles. The number of hydrogen-bond donors (Lipinski definition) is 0. The van der Waals surface area contributed by atoms with Crippen molar-refractivity contribution in [3.63, 3.8) is 0 Å². The minimum atomic E-state index is -1.18. The van der Waals surface area contributed by atoms with Crippen LogP contribution in [0.2, 0.25) is 18.1 Å². The summed E-state index contributed by atoms with van der Waals surface area (Å²) >= 11 is 0. The van der Waals surface area contributed by atoms with E-state index in [1.54, 1.807) is 5.30 Å². The zero-order valence-corrected chi connectivity index (χ0v) is 12.7. The van der Waals surface area contributed by atoms with Crippen molar-refractivity contribution in [1.29, 1.82) is 0 Å². The molecule has 0 saturated carbocycles. The first-order chi connectivity index (χ1) is 6.77. The van der Waals surface area contributed by atoms with Crippen LogP contribution < -0.4 is 5.30 Å². The second kappa shape index (κ2) is 4.39. The van der Waals surface area contributed by atoms with Gasteiger partial charge in [-0.25, -0.2) is 0 Å². The van der Waals surface area contributed by atoms with E-state index in [-0.39, 0.29) is 7.47 Å². The summed E-state index contributed by atoms with van der Waals surface area (Å²) in [4.78, 5) is 0. The molecule has 0 bridgehead atoms. The van der Waals surface area contributed by atoms with Gasteiger partial charge < -0.3 is 0 Å². The average Bonchev–Trinajstić information content (AvgIpc) is 2.16. The van der Waals surface area contributed by atoms with E-state index in [1.165, 1.54) is 0 Å². The van der Waals surface area contributed by atoms with Crippen LogP contribution in [0.3, 0.4) is 0 Å². The van der Waals surface area contributed by atoms with Gasteiger partial charge in [0.2, 0.25) is 0 Å². The fraction of sp³-hybridized carbons (Fsp3) is 0.538. The average molecular weight is 238 g/mol. The molecule has 15 heavy (non-hydrogen) atoms. The lowest BCUT2D eigenvalue weighted by Gasteiger charge is -2.42. The minimum Gasteiger partial charge on any atom is -0.0905 e. The lowest BCUT2D eigenvalue weighted by Crippen LogP contribution is -2.37. The Morgan fingerprint density at radius 2 is 1.47 bits per heavy atom. The van der Waals surface area contributed by atoms with Gasteiger partial charge in [-0.15, -0.1) is 0 Å². The molecule has 0 amide bonds. The number of benzene rings is 1. The molecule has 84 valence electrons. The van der Waals surface area contributed by atoms with Gasteiger partial charge in [-0.2, -0.15) is 0 Å². The molecule has 2 heteroatoms. The van der Waals surface area contributed by atoms with Crippen LogP contribution in [0.4, 0.5) is 0 Å². The van der Waals surface area contributed by atoms with E-state index in [0.717, 1.165) is 0 Å². The highest BCUT2D eigenvalue weighted by atomic mass is 31.4. The molecule has 0 radical (unpaired) electrons. The van der Waals surface area contributed by atoms with Crippen LogP contribution in [0.5, 0.6) is 0 Å². The molecule has 1 rings (SSSR count). The Kier molecular flexibility index (Phi) is 3.79. The molecule has 0 N–H and O–H groups in total. The standard InChI is InChI=1S/C13H23PSi/c1-13(2,3)15(5,6)14(4)12-10-8-7-9-11-12/h7-11H,1-6H3. The van der Waals surface area contributed by atoms with Gasteiger partial charge >= 0.3 is 0 Å². The van der Waals surface area contributed by atoms with Crippen LogP contribution in [0, 0.1) is 0 Å². The Hall–Kier alpha value is -0.133. The molecule has 0 heterocycles. The van der Waals surface area contributed by atoms with Gasteiger partial charge in [0.25, 0.3) is 0 Å². The Bertz CT molecular complexity index is 311. The Balaban J connectivity index is 3.00. The fourth-order valence-electron chi connectivity index (χ4n) is 1.48. The summed E-state index contributed by atoms with van der Waals surface area (Å²) in [7, 11) is -1.15. The van der Waals surface area contributed by atoms with Crippen molar-refractivity contribution in [2.45, 2.75) is 38.9 Å². The lowest BCUT2D eigenvalue weighted by molar-refractivity contribution is 0.736. The summed E-state index contributed by atoms with van der Waals surface area (Å²) in [6.07, 6.45) is 0. The van der Waals surface area contributed by atoms with E-state index >= 15 is 0 Å². The topological polar surface area (TPSA) is 0 Å². The second-order valence-corrected chi connectivity index (χ2v) is 17.3. The molecule has 0 nitrogen and oxygen atoms in total. The summed E-state index contributed by atoms with van der Waals surface area (Å²) in [5.74, 6) is 0. The Morgan fingerprint density at radius 3 is 1.87 bits per heavy atom. The van der Waals surface area contributed by atoms with Gasteiger partial charge in [-0.1, -0.05) is 71.7 Å². The summed E-state index contributed by atoms with van der Waals surface area (Å²) < 4.78 is 0. The van der Waals surface area contributed by atoms with Crippen molar-refractivity contribution < 1.29 is 0 Å². The molecule has 0 aliphatic carbocycles. The van der Waals surface area contributed by atoms with Crippen LogP contribution >= 0.6 is 7.47 Å². The highest BCUT2D eigenvalue weighted by Crippen LogP contribution is 2.54. The summed E-state index contributed by atoms with van der Waals surface area (Å²) in [6.45, 7) is 14.7. The largest absolute Gasteiger partial charge is 0.0905 e. The SMILES string of the molecule is CP(c1ccccc1)[Si](C)(C)C(C)(C)C. The minimum absolute atomic E-state index is 0.0319. The van der Waals surface area contributed by atoms with E-state index < -0.39 is 7.74 Å². The maximum atomic E-state index is 2.53. The smallest absolute Gasteiger partial charge is 0.0853 e. The zero-order valence-electron chi connectivity index (χ0n) is 10.8. The summed E-state index contributed by atoms with van der Waals surface area (Å²) in [5, 5.41) is 2.06. The van der Waals surface area contributed by atoms with Gasteiger partial charge in [0.15, 0.2) is 0 Å². The van der Waals surface area contributed by atoms with Crippen LogP contribution in [0.25, 0.3) is 0 Å². The highest BCUT2D eigenvalue weighted by molar-refractivity contribution is 7.99. The first-order valence-electron chi connectivity index (χ1n) is 5.56.